The van der Waals surface area contributed by atoms with Gasteiger partial charge in [0, 0.05) is 19.8 Å². The zero-order valence-corrected chi connectivity index (χ0v) is 33.4. The van der Waals surface area contributed by atoms with E-state index in [0.29, 0.717) is 12.8 Å². The molecular weight excluding hydrogens is 766 g/mol. The minimum absolute atomic E-state index is 0.222. The lowest BCUT2D eigenvalue weighted by molar-refractivity contribution is -0.219. The van der Waals surface area contributed by atoms with Gasteiger partial charge in [-0.25, -0.2) is 0 Å². The summed E-state index contributed by atoms with van der Waals surface area (Å²) in [6.45, 7) is 11.5. The van der Waals surface area contributed by atoms with Crippen molar-refractivity contribution >= 4 is 29.0 Å². The van der Waals surface area contributed by atoms with E-state index in [2.05, 4.69) is 5.32 Å². The first-order valence-electron chi connectivity index (χ1n) is 18.7. The van der Waals surface area contributed by atoms with Crippen molar-refractivity contribution in [2.24, 2.45) is 0 Å². The SMILES string of the molecule is CC(=O)C1(O)CC(O)C(O)C(O)C1.CC(=O)C1OC(C)C(O)C(O)C1O.CCC1OC(C(C)=O)C(NC(C)=O)C(O)C1O.CCC1OC(C(C)=O)C(O)C(O)C1O. The summed E-state index contributed by atoms with van der Waals surface area (Å²) in [5, 5.41) is 116. The monoisotopic (exact) mass is 829 g/mol. The molecule has 0 bridgehead atoms. The van der Waals surface area contributed by atoms with Crippen molar-refractivity contribution in [2.75, 3.05) is 0 Å². The highest BCUT2D eigenvalue weighted by Crippen LogP contribution is 2.30. The van der Waals surface area contributed by atoms with E-state index in [1.807, 2.05) is 0 Å². The molecule has 1 saturated carbocycles. The van der Waals surface area contributed by atoms with Gasteiger partial charge in [0.15, 0.2) is 23.1 Å². The number of carbonyl (C=O) groups excluding carboxylic acids is 5. The highest BCUT2D eigenvalue weighted by atomic mass is 16.5. The van der Waals surface area contributed by atoms with Crippen molar-refractivity contribution in [1.29, 1.82) is 0 Å². The van der Waals surface area contributed by atoms with Gasteiger partial charge in [0.05, 0.1) is 36.6 Å². The first kappa shape index (κ1) is 52.6. The van der Waals surface area contributed by atoms with Gasteiger partial charge in [0.1, 0.15) is 78.8 Å². The van der Waals surface area contributed by atoms with Crippen LogP contribution in [0.25, 0.3) is 0 Å². The van der Waals surface area contributed by atoms with Crippen LogP contribution in [0.15, 0.2) is 0 Å². The molecular formula is C36H63NO20. The molecule has 1 amide bonds. The largest absolute Gasteiger partial charge is 0.390 e. The average Bonchev–Trinajstić information content (AvgIpc) is 3.12. The third-order valence-electron chi connectivity index (χ3n) is 10.2. The molecule has 0 aromatic carbocycles. The molecule has 0 radical (unpaired) electrons. The summed E-state index contributed by atoms with van der Waals surface area (Å²) in [7, 11) is 0. The number of amides is 1. The lowest BCUT2D eigenvalue weighted by atomic mass is 9.77. The normalized spacial score (nSPS) is 42.9. The first-order valence-corrected chi connectivity index (χ1v) is 18.7. The van der Waals surface area contributed by atoms with E-state index in [1.54, 1.807) is 13.8 Å². The van der Waals surface area contributed by atoms with Gasteiger partial charge in [-0.15, -0.1) is 0 Å². The second-order valence-electron chi connectivity index (χ2n) is 14.9. The van der Waals surface area contributed by atoms with Gasteiger partial charge in [-0.1, -0.05) is 13.8 Å². The third kappa shape index (κ3) is 13.8. The second-order valence-corrected chi connectivity index (χ2v) is 14.9. The third-order valence-corrected chi connectivity index (χ3v) is 10.2. The van der Waals surface area contributed by atoms with E-state index < -0.39 is 121 Å². The van der Waals surface area contributed by atoms with Crippen LogP contribution < -0.4 is 5.32 Å². The number of aliphatic hydroxyl groups excluding tert-OH is 11. The highest BCUT2D eigenvalue weighted by molar-refractivity contribution is 5.85. The van der Waals surface area contributed by atoms with Gasteiger partial charge >= 0.3 is 0 Å². The molecule has 21 nitrogen and oxygen atoms in total. The summed E-state index contributed by atoms with van der Waals surface area (Å²) in [4.78, 5) is 55.4. The Balaban J connectivity index is 0.000000382. The molecule has 17 unspecified atom stereocenters. The number of hydrogen-bond donors (Lipinski definition) is 13. The molecule has 0 aromatic heterocycles. The Morgan fingerprint density at radius 3 is 1.26 bits per heavy atom. The minimum Gasteiger partial charge on any atom is -0.390 e. The van der Waals surface area contributed by atoms with Crippen molar-refractivity contribution in [3.8, 4) is 0 Å². The average molecular weight is 830 g/mol. The van der Waals surface area contributed by atoms with E-state index in [0.717, 1.165) is 0 Å². The molecule has 4 rings (SSSR count). The number of hydrogen-bond acceptors (Lipinski definition) is 20. The van der Waals surface area contributed by atoms with Crippen LogP contribution >= 0.6 is 0 Å². The number of ether oxygens (including phenoxy) is 3. The van der Waals surface area contributed by atoms with Gasteiger partial charge in [-0.2, -0.15) is 0 Å². The lowest BCUT2D eigenvalue weighted by Gasteiger charge is -2.41. The topological polar surface area (TPSA) is 368 Å². The Labute approximate surface area is 330 Å². The Morgan fingerprint density at radius 2 is 0.895 bits per heavy atom. The fourth-order valence-electron chi connectivity index (χ4n) is 6.62. The molecule has 3 saturated heterocycles. The van der Waals surface area contributed by atoms with Crippen LogP contribution in [0.5, 0.6) is 0 Å². The summed E-state index contributed by atoms with van der Waals surface area (Å²) < 4.78 is 15.6. The van der Waals surface area contributed by atoms with Gasteiger partial charge < -0.3 is 80.8 Å². The molecule has 4 fully saturated rings. The van der Waals surface area contributed by atoms with Crippen molar-refractivity contribution in [3.05, 3.63) is 0 Å². The van der Waals surface area contributed by atoms with Crippen LogP contribution in [-0.4, -0.2) is 206 Å². The van der Waals surface area contributed by atoms with Crippen LogP contribution in [-0.2, 0) is 38.2 Å². The second kappa shape index (κ2) is 22.8. The van der Waals surface area contributed by atoms with Gasteiger partial charge in [-0.05, 0) is 47.5 Å². The molecule has 57 heavy (non-hydrogen) atoms. The molecule has 1 aliphatic carbocycles. The van der Waals surface area contributed by atoms with Gasteiger partial charge in [-0.3, -0.25) is 24.0 Å². The van der Waals surface area contributed by atoms with Gasteiger partial charge in [0.25, 0.3) is 0 Å². The summed E-state index contributed by atoms with van der Waals surface area (Å²) in [5.41, 5.74) is -1.70. The Hall–Kier alpha value is -2.45. The number of rotatable bonds is 7. The fourth-order valence-corrected chi connectivity index (χ4v) is 6.62. The Morgan fingerprint density at radius 1 is 0.526 bits per heavy atom. The van der Waals surface area contributed by atoms with Crippen LogP contribution in [0.2, 0.25) is 0 Å². The van der Waals surface area contributed by atoms with Crippen molar-refractivity contribution < 1.29 is 99.5 Å². The number of Topliss-reactive ketones (excluding diaryl/α,β-unsaturated/α-hetero) is 4. The van der Waals surface area contributed by atoms with Crippen LogP contribution in [0, 0.1) is 0 Å². The minimum atomic E-state index is -1.70. The number of ketones is 4. The van der Waals surface area contributed by atoms with Crippen molar-refractivity contribution in [1.82, 2.24) is 5.32 Å². The molecule has 4 aliphatic rings. The number of aliphatic hydroxyl groups is 12. The molecule has 332 valence electrons. The first-order chi connectivity index (χ1) is 26.2. The molecule has 13 N–H and O–H groups in total. The van der Waals surface area contributed by atoms with E-state index in [-0.39, 0.29) is 36.1 Å². The molecule has 17 atom stereocenters. The Kier molecular flexibility index (Phi) is 21.0. The molecule has 21 heteroatoms. The maximum atomic E-state index is 11.4. The summed E-state index contributed by atoms with van der Waals surface area (Å²) >= 11 is 0. The van der Waals surface area contributed by atoms with E-state index in [9.17, 15) is 80.1 Å². The molecule has 0 aromatic rings. The predicted octanol–water partition coefficient (Wildman–Crippen LogP) is -5.56. The summed E-state index contributed by atoms with van der Waals surface area (Å²) in [5.74, 6) is -1.87. The number of nitrogens with one attached hydrogen (secondary N) is 1. The van der Waals surface area contributed by atoms with E-state index in [4.69, 9.17) is 19.3 Å². The number of carbonyl (C=O) groups is 5. The Bertz CT molecular complexity index is 1320. The van der Waals surface area contributed by atoms with Crippen molar-refractivity contribution in [3.63, 3.8) is 0 Å². The van der Waals surface area contributed by atoms with Crippen LogP contribution in [0.1, 0.15) is 81.1 Å². The zero-order valence-electron chi connectivity index (χ0n) is 33.4. The van der Waals surface area contributed by atoms with Gasteiger partial charge in [0.2, 0.25) is 5.91 Å². The van der Waals surface area contributed by atoms with E-state index in [1.165, 1.54) is 41.5 Å². The smallest absolute Gasteiger partial charge is 0.217 e. The van der Waals surface area contributed by atoms with E-state index >= 15 is 0 Å². The quantitative estimate of drug-likeness (QED) is 0.114. The fraction of sp³-hybridized carbons (Fsp3) is 0.861. The zero-order chi connectivity index (χ0) is 44.4. The molecule has 3 heterocycles. The van der Waals surface area contributed by atoms with Crippen molar-refractivity contribution in [2.45, 2.75) is 196 Å². The predicted molar refractivity (Wildman–Crippen MR) is 193 cm³/mol. The summed E-state index contributed by atoms with van der Waals surface area (Å²) in [6.07, 6.45) is -18.0. The summed E-state index contributed by atoms with van der Waals surface area (Å²) in [6, 6.07) is -0.900. The van der Waals surface area contributed by atoms with Crippen LogP contribution in [0.3, 0.4) is 0 Å². The van der Waals surface area contributed by atoms with Crippen LogP contribution in [0.4, 0.5) is 0 Å². The molecule has 3 aliphatic heterocycles. The maximum Gasteiger partial charge on any atom is 0.217 e. The highest BCUT2D eigenvalue weighted by Gasteiger charge is 2.48. The lowest BCUT2D eigenvalue weighted by Crippen LogP contribution is -2.64. The standard InChI is InChI=1S/C11H19NO5.C9H16O5.2C8H14O5/c1-4-7-9(15)10(16)8(12-6(3)14)11(17-7)5(2)13;1-3-5-6(11)7(12)8(13)9(14-5)4(2)10;1-4(9)8(13)2-5(10)7(12)6(11)3-8;1-3(9)8-7(12)6(11)5(10)4(2)13-8/h7-11,15-16H,4H2,1-3H3,(H,12,14);5-9,11-13H,3H2,1-2H3;5-7,10-13H,2-3H2,1H3;4-8,10-12H,1-2H3. The molecule has 0 spiro atoms. The maximum absolute atomic E-state index is 11.4.